The summed E-state index contributed by atoms with van der Waals surface area (Å²) in [5.41, 5.74) is 2.21. The van der Waals surface area contributed by atoms with Gasteiger partial charge >= 0.3 is 5.69 Å². The Morgan fingerprint density at radius 1 is 1.20 bits per heavy atom. The minimum atomic E-state index is -0.427. The molecular formula is C20H25N5O5. The summed E-state index contributed by atoms with van der Waals surface area (Å²) in [4.78, 5) is 38.8. The SMILES string of the molecule is Cc1nn(Cc2ccc(C(=O)N(C)CC(=O)N3CCOCC3)cc2)c(C)c1[N+](=O)[O-]. The van der Waals surface area contributed by atoms with Crippen molar-refractivity contribution in [2.24, 2.45) is 0 Å². The molecule has 0 N–H and O–H groups in total. The van der Waals surface area contributed by atoms with E-state index in [1.165, 1.54) is 4.90 Å². The lowest BCUT2D eigenvalue weighted by molar-refractivity contribution is -0.386. The molecule has 0 spiro atoms. The van der Waals surface area contributed by atoms with Gasteiger partial charge in [0, 0.05) is 25.7 Å². The third-order valence-corrected chi connectivity index (χ3v) is 5.14. The minimum absolute atomic E-state index is 0.00993. The van der Waals surface area contributed by atoms with Crippen LogP contribution in [0.1, 0.15) is 27.3 Å². The summed E-state index contributed by atoms with van der Waals surface area (Å²) in [5, 5.41) is 15.4. The average Bonchev–Trinajstić information content (AvgIpc) is 3.01. The van der Waals surface area contributed by atoms with Crippen LogP contribution in [-0.2, 0) is 16.1 Å². The predicted octanol–water partition coefficient (Wildman–Crippen LogP) is 1.39. The molecule has 1 aliphatic heterocycles. The number of aryl methyl sites for hydroxylation is 1. The Kier molecular flexibility index (Phi) is 6.46. The van der Waals surface area contributed by atoms with Crippen LogP contribution in [0.2, 0.25) is 0 Å². The molecule has 1 aromatic carbocycles. The monoisotopic (exact) mass is 415 g/mol. The summed E-state index contributed by atoms with van der Waals surface area (Å²) in [7, 11) is 1.60. The Hall–Kier alpha value is -3.27. The lowest BCUT2D eigenvalue weighted by Crippen LogP contribution is -2.46. The second kappa shape index (κ2) is 9.04. The lowest BCUT2D eigenvalue weighted by Gasteiger charge is -2.28. The molecule has 30 heavy (non-hydrogen) atoms. The standard InChI is InChI=1S/C20H25N5O5/c1-14-19(25(28)29)15(2)24(21-14)12-16-4-6-17(7-5-16)20(27)22(3)13-18(26)23-8-10-30-11-9-23/h4-7H,8-13H2,1-3H3. The first kappa shape index (κ1) is 21.4. The summed E-state index contributed by atoms with van der Waals surface area (Å²) < 4.78 is 6.82. The molecule has 10 heteroatoms. The van der Waals surface area contributed by atoms with Crippen LogP contribution in [0.3, 0.4) is 0 Å². The number of carbonyl (C=O) groups excluding carboxylic acids is 2. The second-order valence-corrected chi connectivity index (χ2v) is 7.29. The van der Waals surface area contributed by atoms with Gasteiger partial charge in [-0.2, -0.15) is 5.10 Å². The molecule has 1 fully saturated rings. The summed E-state index contributed by atoms with van der Waals surface area (Å²) in [6, 6.07) is 6.95. The van der Waals surface area contributed by atoms with Gasteiger partial charge in [-0.25, -0.2) is 0 Å². The quantitative estimate of drug-likeness (QED) is 0.521. The molecule has 0 saturated carbocycles. The molecule has 1 saturated heterocycles. The highest BCUT2D eigenvalue weighted by Gasteiger charge is 2.23. The predicted molar refractivity (Wildman–Crippen MR) is 108 cm³/mol. The highest BCUT2D eigenvalue weighted by atomic mass is 16.6. The highest BCUT2D eigenvalue weighted by Crippen LogP contribution is 2.22. The molecule has 0 unspecified atom stereocenters. The zero-order valence-corrected chi connectivity index (χ0v) is 17.3. The lowest BCUT2D eigenvalue weighted by atomic mass is 10.1. The molecular weight excluding hydrogens is 390 g/mol. The van der Waals surface area contributed by atoms with Crippen molar-refractivity contribution in [3.63, 3.8) is 0 Å². The van der Waals surface area contributed by atoms with Crippen molar-refractivity contribution in [1.82, 2.24) is 19.6 Å². The fourth-order valence-corrected chi connectivity index (χ4v) is 3.44. The molecule has 2 heterocycles. The van der Waals surface area contributed by atoms with Gasteiger partial charge in [0.15, 0.2) is 0 Å². The largest absolute Gasteiger partial charge is 0.378 e. The second-order valence-electron chi connectivity index (χ2n) is 7.29. The summed E-state index contributed by atoms with van der Waals surface area (Å²) in [5.74, 6) is -0.346. The first-order chi connectivity index (χ1) is 14.3. The van der Waals surface area contributed by atoms with Crippen molar-refractivity contribution in [2.75, 3.05) is 39.9 Å². The van der Waals surface area contributed by atoms with Crippen LogP contribution in [0.4, 0.5) is 5.69 Å². The van der Waals surface area contributed by atoms with Crippen LogP contribution >= 0.6 is 0 Å². The summed E-state index contributed by atoms with van der Waals surface area (Å²) in [6.45, 7) is 5.76. The number of aromatic nitrogens is 2. The van der Waals surface area contributed by atoms with E-state index in [2.05, 4.69) is 5.10 Å². The van der Waals surface area contributed by atoms with E-state index in [0.29, 0.717) is 49.8 Å². The normalized spacial score (nSPS) is 13.9. The fraction of sp³-hybridized carbons (Fsp3) is 0.450. The number of carbonyl (C=O) groups is 2. The van der Waals surface area contributed by atoms with Gasteiger partial charge in [-0.05, 0) is 31.5 Å². The molecule has 3 rings (SSSR count). The maximum Gasteiger partial charge on any atom is 0.312 e. The number of hydrogen-bond donors (Lipinski definition) is 0. The zero-order chi connectivity index (χ0) is 21.8. The van der Waals surface area contributed by atoms with E-state index in [1.54, 1.807) is 54.7 Å². The Morgan fingerprint density at radius 2 is 1.83 bits per heavy atom. The number of ether oxygens (including phenoxy) is 1. The number of morpholine rings is 1. The minimum Gasteiger partial charge on any atom is -0.378 e. The number of nitro groups is 1. The van der Waals surface area contributed by atoms with Crippen LogP contribution in [0.5, 0.6) is 0 Å². The molecule has 2 amide bonds. The van der Waals surface area contributed by atoms with Crippen LogP contribution in [0.25, 0.3) is 0 Å². The summed E-state index contributed by atoms with van der Waals surface area (Å²) in [6.07, 6.45) is 0. The van der Waals surface area contributed by atoms with Crippen LogP contribution in [0.15, 0.2) is 24.3 Å². The Morgan fingerprint density at radius 3 is 2.40 bits per heavy atom. The molecule has 0 atom stereocenters. The van der Waals surface area contributed by atoms with E-state index >= 15 is 0 Å². The van der Waals surface area contributed by atoms with E-state index in [0.717, 1.165) is 5.56 Å². The number of benzene rings is 1. The van der Waals surface area contributed by atoms with Crippen molar-refractivity contribution in [1.29, 1.82) is 0 Å². The Balaban J connectivity index is 1.63. The number of likely N-dealkylation sites (N-methyl/N-ethyl adjacent to an activating group) is 1. The highest BCUT2D eigenvalue weighted by molar-refractivity contribution is 5.96. The van der Waals surface area contributed by atoms with E-state index < -0.39 is 4.92 Å². The molecule has 160 valence electrons. The summed E-state index contributed by atoms with van der Waals surface area (Å²) >= 11 is 0. The fourth-order valence-electron chi connectivity index (χ4n) is 3.44. The first-order valence-electron chi connectivity index (χ1n) is 9.66. The zero-order valence-electron chi connectivity index (χ0n) is 17.3. The number of nitrogens with zero attached hydrogens (tertiary/aromatic N) is 5. The van der Waals surface area contributed by atoms with E-state index in [-0.39, 0.29) is 24.0 Å². The molecule has 1 aliphatic rings. The van der Waals surface area contributed by atoms with Crippen molar-refractivity contribution in [3.05, 3.63) is 56.9 Å². The van der Waals surface area contributed by atoms with Gasteiger partial charge < -0.3 is 14.5 Å². The first-order valence-corrected chi connectivity index (χ1v) is 9.66. The third kappa shape index (κ3) is 4.65. The molecule has 0 aliphatic carbocycles. The number of rotatable bonds is 6. The maximum absolute atomic E-state index is 12.6. The van der Waals surface area contributed by atoms with Gasteiger partial charge in [0.05, 0.1) is 31.2 Å². The maximum atomic E-state index is 12.6. The smallest absolute Gasteiger partial charge is 0.312 e. The van der Waals surface area contributed by atoms with E-state index in [4.69, 9.17) is 4.74 Å². The molecule has 0 radical (unpaired) electrons. The molecule has 2 aromatic rings. The Bertz CT molecular complexity index is 947. The van der Waals surface area contributed by atoms with Crippen molar-refractivity contribution < 1.29 is 19.2 Å². The molecule has 10 nitrogen and oxygen atoms in total. The Labute approximate surface area is 174 Å². The van der Waals surface area contributed by atoms with Crippen LogP contribution in [-0.4, -0.2) is 76.2 Å². The van der Waals surface area contributed by atoms with Crippen LogP contribution in [0, 0.1) is 24.0 Å². The molecule has 1 aromatic heterocycles. The van der Waals surface area contributed by atoms with Crippen molar-refractivity contribution >= 4 is 17.5 Å². The number of amides is 2. The van der Waals surface area contributed by atoms with Crippen LogP contribution < -0.4 is 0 Å². The molecule has 0 bridgehead atoms. The number of hydrogen-bond acceptors (Lipinski definition) is 6. The van der Waals surface area contributed by atoms with E-state index in [9.17, 15) is 19.7 Å². The van der Waals surface area contributed by atoms with Gasteiger partial charge in [0.2, 0.25) is 5.91 Å². The van der Waals surface area contributed by atoms with Gasteiger partial charge in [-0.15, -0.1) is 0 Å². The third-order valence-electron chi connectivity index (χ3n) is 5.14. The van der Waals surface area contributed by atoms with Gasteiger partial charge in [-0.3, -0.25) is 24.4 Å². The van der Waals surface area contributed by atoms with Gasteiger partial charge in [-0.1, -0.05) is 12.1 Å². The topological polar surface area (TPSA) is 111 Å². The van der Waals surface area contributed by atoms with E-state index in [1.807, 2.05) is 0 Å². The van der Waals surface area contributed by atoms with Gasteiger partial charge in [0.25, 0.3) is 5.91 Å². The average molecular weight is 415 g/mol. The van der Waals surface area contributed by atoms with Crippen molar-refractivity contribution in [2.45, 2.75) is 20.4 Å². The van der Waals surface area contributed by atoms with Gasteiger partial charge in [0.1, 0.15) is 11.4 Å². The van der Waals surface area contributed by atoms with Crippen molar-refractivity contribution in [3.8, 4) is 0 Å².